The van der Waals surface area contributed by atoms with E-state index in [1.165, 1.54) is 0 Å². The third-order valence-electron chi connectivity index (χ3n) is 4.21. The molecule has 1 atom stereocenters. The number of carbonyl (C=O) groups excluding carboxylic acids is 2. The minimum absolute atomic E-state index is 0.00717. The number of carboxylic acids is 1. The molecule has 2 amide bonds. The van der Waals surface area contributed by atoms with E-state index in [9.17, 15) is 14.4 Å². The van der Waals surface area contributed by atoms with Crippen molar-refractivity contribution in [3.8, 4) is 0 Å². The largest absolute Gasteiger partial charge is 0.481 e. The summed E-state index contributed by atoms with van der Waals surface area (Å²) in [6.45, 7) is 1.13. The summed E-state index contributed by atoms with van der Waals surface area (Å²) in [7, 11) is 0. The zero-order valence-corrected chi connectivity index (χ0v) is 14.1. The molecule has 0 unspecified atom stereocenters. The van der Waals surface area contributed by atoms with Crippen LogP contribution in [0.3, 0.4) is 0 Å². The van der Waals surface area contributed by atoms with E-state index < -0.39 is 5.97 Å². The topological polar surface area (TPSA) is 126 Å². The number of aryl methyl sites for hydroxylation is 1. The first-order valence-electron chi connectivity index (χ1n) is 8.44. The molecule has 1 aliphatic rings. The highest BCUT2D eigenvalue weighted by atomic mass is 16.4. The molecule has 8 heteroatoms. The van der Waals surface area contributed by atoms with Crippen molar-refractivity contribution in [1.82, 2.24) is 15.2 Å². The molecule has 0 spiro atoms. The number of hydrogen-bond donors (Lipinski definition) is 3. The highest BCUT2D eigenvalue weighted by Crippen LogP contribution is 2.18. The molecule has 8 nitrogen and oxygen atoms in total. The third kappa shape index (κ3) is 6.06. The van der Waals surface area contributed by atoms with Crippen molar-refractivity contribution in [3.63, 3.8) is 0 Å². The molecule has 0 radical (unpaired) electrons. The van der Waals surface area contributed by atoms with Gasteiger partial charge in [-0.2, -0.15) is 0 Å². The number of rotatable bonds is 7. The van der Waals surface area contributed by atoms with Crippen LogP contribution in [-0.2, 0) is 20.8 Å². The fraction of sp³-hybridized carbons (Fsp3) is 0.529. The molecule has 0 aliphatic carbocycles. The Balaban J connectivity index is 1.80. The summed E-state index contributed by atoms with van der Waals surface area (Å²) >= 11 is 0. The van der Waals surface area contributed by atoms with Crippen molar-refractivity contribution in [1.29, 1.82) is 0 Å². The number of hydrogen-bond acceptors (Lipinski definition) is 5. The lowest BCUT2D eigenvalue weighted by atomic mass is 9.96. The molecule has 136 valence electrons. The molecule has 2 rings (SSSR count). The SMILES string of the molecule is Nc1cccc(CCC(=O)N2CCC[C@H](C(=O)NCCC(=O)O)C2)n1. The molecule has 0 bridgehead atoms. The number of nitrogen functional groups attached to an aromatic ring is 1. The van der Waals surface area contributed by atoms with Crippen molar-refractivity contribution < 1.29 is 19.5 Å². The second kappa shape index (κ2) is 9.00. The summed E-state index contributed by atoms with van der Waals surface area (Å²) in [5, 5.41) is 11.2. The minimum atomic E-state index is -0.948. The van der Waals surface area contributed by atoms with Crippen LogP contribution in [-0.4, -0.2) is 52.4 Å². The van der Waals surface area contributed by atoms with Gasteiger partial charge in [-0.3, -0.25) is 14.4 Å². The number of nitrogens with one attached hydrogen (secondary N) is 1. The van der Waals surface area contributed by atoms with Crippen LogP contribution in [0.5, 0.6) is 0 Å². The molecule has 1 saturated heterocycles. The van der Waals surface area contributed by atoms with Crippen LogP contribution in [0.25, 0.3) is 0 Å². The molecular weight excluding hydrogens is 324 g/mol. The lowest BCUT2D eigenvalue weighted by Crippen LogP contribution is -2.45. The van der Waals surface area contributed by atoms with E-state index in [0.29, 0.717) is 38.2 Å². The van der Waals surface area contributed by atoms with E-state index in [-0.39, 0.29) is 30.7 Å². The second-order valence-electron chi connectivity index (χ2n) is 6.17. The maximum Gasteiger partial charge on any atom is 0.305 e. The predicted molar refractivity (Wildman–Crippen MR) is 91.5 cm³/mol. The third-order valence-corrected chi connectivity index (χ3v) is 4.21. The van der Waals surface area contributed by atoms with Crippen LogP contribution >= 0.6 is 0 Å². The number of nitrogens with zero attached hydrogens (tertiary/aromatic N) is 2. The fourth-order valence-electron chi connectivity index (χ4n) is 2.89. The Bertz CT molecular complexity index is 635. The maximum atomic E-state index is 12.4. The Morgan fingerprint density at radius 1 is 1.32 bits per heavy atom. The predicted octanol–water partition coefficient (Wildman–Crippen LogP) is 0.426. The van der Waals surface area contributed by atoms with E-state index in [1.807, 2.05) is 6.07 Å². The van der Waals surface area contributed by atoms with Gasteiger partial charge in [0.2, 0.25) is 11.8 Å². The molecule has 25 heavy (non-hydrogen) atoms. The molecular formula is C17H24N4O4. The van der Waals surface area contributed by atoms with Gasteiger partial charge in [0.1, 0.15) is 5.82 Å². The van der Waals surface area contributed by atoms with Gasteiger partial charge >= 0.3 is 5.97 Å². The Labute approximate surface area is 146 Å². The van der Waals surface area contributed by atoms with E-state index >= 15 is 0 Å². The van der Waals surface area contributed by atoms with Crippen LogP contribution in [0.1, 0.15) is 31.4 Å². The number of aliphatic carboxylic acids is 1. The number of piperidine rings is 1. The van der Waals surface area contributed by atoms with Crippen LogP contribution in [0.4, 0.5) is 5.82 Å². The number of carboxylic acid groups (broad SMARTS) is 1. The fourth-order valence-corrected chi connectivity index (χ4v) is 2.89. The number of pyridine rings is 1. The first-order chi connectivity index (χ1) is 12.0. The van der Waals surface area contributed by atoms with E-state index in [4.69, 9.17) is 10.8 Å². The first kappa shape index (κ1) is 18.7. The van der Waals surface area contributed by atoms with E-state index in [2.05, 4.69) is 10.3 Å². The summed E-state index contributed by atoms with van der Waals surface area (Å²) in [6.07, 6.45) is 2.20. The quantitative estimate of drug-likeness (QED) is 0.656. The first-order valence-corrected chi connectivity index (χ1v) is 8.44. The normalized spacial score (nSPS) is 17.1. The highest BCUT2D eigenvalue weighted by molar-refractivity contribution is 5.81. The number of anilines is 1. The van der Waals surface area contributed by atoms with Gasteiger partial charge in [0.05, 0.1) is 12.3 Å². The number of likely N-dealkylation sites (tertiary alicyclic amines) is 1. The highest BCUT2D eigenvalue weighted by Gasteiger charge is 2.28. The number of aromatic nitrogens is 1. The van der Waals surface area contributed by atoms with Crippen molar-refractivity contribution in [2.24, 2.45) is 5.92 Å². The van der Waals surface area contributed by atoms with E-state index in [1.54, 1.807) is 17.0 Å². The van der Waals surface area contributed by atoms with Crippen LogP contribution < -0.4 is 11.1 Å². The monoisotopic (exact) mass is 348 g/mol. The van der Waals surface area contributed by atoms with Gasteiger partial charge in [0.15, 0.2) is 0 Å². The Morgan fingerprint density at radius 3 is 2.84 bits per heavy atom. The Kier molecular flexibility index (Phi) is 6.73. The lowest BCUT2D eigenvalue weighted by molar-refractivity contribution is -0.137. The summed E-state index contributed by atoms with van der Waals surface area (Å²) in [6, 6.07) is 5.34. The van der Waals surface area contributed by atoms with Gasteiger partial charge < -0.3 is 21.1 Å². The van der Waals surface area contributed by atoms with Gasteiger partial charge in [-0.15, -0.1) is 0 Å². The standard InChI is InChI=1S/C17H24N4O4/c18-14-5-1-4-13(20-14)6-7-15(22)21-10-2-3-12(11-21)17(25)19-9-8-16(23)24/h1,4-5,12H,2-3,6-11H2,(H2,18,20)(H,19,25)(H,23,24)/t12-/m0/s1. The van der Waals surface area contributed by atoms with Crippen molar-refractivity contribution in [2.45, 2.75) is 32.1 Å². The van der Waals surface area contributed by atoms with Crippen LogP contribution in [0, 0.1) is 5.92 Å². The van der Waals surface area contributed by atoms with Gasteiger partial charge in [0.25, 0.3) is 0 Å². The maximum absolute atomic E-state index is 12.4. The van der Waals surface area contributed by atoms with Crippen LogP contribution in [0.15, 0.2) is 18.2 Å². The summed E-state index contributed by atoms with van der Waals surface area (Å²) < 4.78 is 0. The van der Waals surface area contributed by atoms with Crippen LogP contribution in [0.2, 0.25) is 0 Å². The van der Waals surface area contributed by atoms with E-state index in [0.717, 1.165) is 12.1 Å². The van der Waals surface area contributed by atoms with Crippen molar-refractivity contribution in [3.05, 3.63) is 23.9 Å². The average molecular weight is 348 g/mol. The Hall–Kier alpha value is -2.64. The Morgan fingerprint density at radius 2 is 2.12 bits per heavy atom. The average Bonchev–Trinajstić information content (AvgIpc) is 2.59. The zero-order valence-electron chi connectivity index (χ0n) is 14.1. The number of amides is 2. The van der Waals surface area contributed by atoms with Gasteiger partial charge in [0, 0.05) is 31.7 Å². The summed E-state index contributed by atoms with van der Waals surface area (Å²) in [5.74, 6) is -0.988. The zero-order chi connectivity index (χ0) is 18.2. The molecule has 1 aliphatic heterocycles. The number of nitrogens with two attached hydrogens (primary N) is 1. The lowest BCUT2D eigenvalue weighted by Gasteiger charge is -2.32. The number of carbonyl (C=O) groups is 3. The molecule has 4 N–H and O–H groups in total. The summed E-state index contributed by atoms with van der Waals surface area (Å²) in [5.41, 5.74) is 6.40. The molecule has 0 aromatic carbocycles. The van der Waals surface area contributed by atoms with Gasteiger partial charge in [-0.25, -0.2) is 4.98 Å². The van der Waals surface area contributed by atoms with Gasteiger partial charge in [-0.05, 0) is 31.4 Å². The molecule has 0 saturated carbocycles. The smallest absolute Gasteiger partial charge is 0.305 e. The molecule has 1 fully saturated rings. The second-order valence-corrected chi connectivity index (χ2v) is 6.17. The minimum Gasteiger partial charge on any atom is -0.481 e. The summed E-state index contributed by atoms with van der Waals surface area (Å²) in [4.78, 5) is 40.9. The molecule has 1 aromatic rings. The molecule has 1 aromatic heterocycles. The van der Waals surface area contributed by atoms with Gasteiger partial charge in [-0.1, -0.05) is 6.07 Å². The van der Waals surface area contributed by atoms with Crippen molar-refractivity contribution in [2.75, 3.05) is 25.4 Å². The van der Waals surface area contributed by atoms with Crippen molar-refractivity contribution >= 4 is 23.6 Å². The molecule has 2 heterocycles.